The van der Waals surface area contributed by atoms with Crippen LogP contribution < -0.4 is 0 Å². The Kier molecular flexibility index (Phi) is 5.63. The van der Waals surface area contributed by atoms with Gasteiger partial charge in [-0.05, 0) is 37.8 Å². The van der Waals surface area contributed by atoms with Gasteiger partial charge < -0.3 is 14.6 Å². The van der Waals surface area contributed by atoms with Crippen molar-refractivity contribution in [3.63, 3.8) is 0 Å². The van der Waals surface area contributed by atoms with Crippen LogP contribution in [0.25, 0.3) is 0 Å². The van der Waals surface area contributed by atoms with Gasteiger partial charge in [-0.15, -0.1) is 15.3 Å². The first-order valence-corrected chi connectivity index (χ1v) is 9.97. The van der Waals surface area contributed by atoms with E-state index < -0.39 is 0 Å². The molecule has 4 heterocycles. The molecule has 0 saturated carbocycles. The van der Waals surface area contributed by atoms with Gasteiger partial charge in [-0.25, -0.2) is 0 Å². The van der Waals surface area contributed by atoms with Crippen molar-refractivity contribution < 1.29 is 9.90 Å². The topological polar surface area (TPSA) is 100 Å². The molecule has 4 rings (SSSR count). The molecular formula is C19H27N7O2. The molecule has 2 fully saturated rings. The molecule has 0 unspecified atom stereocenters. The fourth-order valence-corrected chi connectivity index (χ4v) is 4.06. The number of hydrogen-bond donors (Lipinski definition) is 1. The molecule has 2 aliphatic heterocycles. The highest BCUT2D eigenvalue weighted by Gasteiger charge is 2.29. The smallest absolute Gasteiger partial charge is 0.274 e. The number of piperidine rings is 2. The van der Waals surface area contributed by atoms with Gasteiger partial charge in [-0.3, -0.25) is 9.69 Å². The largest absolute Gasteiger partial charge is 0.393 e. The average Bonchev–Trinajstić information content (AvgIpc) is 3.10. The fraction of sp³-hybridized carbons (Fsp3) is 0.632. The van der Waals surface area contributed by atoms with Crippen molar-refractivity contribution in [1.29, 1.82) is 0 Å². The summed E-state index contributed by atoms with van der Waals surface area (Å²) < 4.78 is 2.11. The number of carbonyl (C=O) groups is 1. The summed E-state index contributed by atoms with van der Waals surface area (Å²) in [7, 11) is 2.03. The Balaban J connectivity index is 1.35. The molecule has 2 aromatic heterocycles. The van der Waals surface area contributed by atoms with Gasteiger partial charge in [-0.2, -0.15) is 5.10 Å². The zero-order chi connectivity index (χ0) is 19.5. The molecule has 1 amide bonds. The second kappa shape index (κ2) is 8.32. The molecule has 0 aromatic carbocycles. The Morgan fingerprint density at radius 1 is 1.11 bits per heavy atom. The Morgan fingerprint density at radius 3 is 2.54 bits per heavy atom. The summed E-state index contributed by atoms with van der Waals surface area (Å²) in [6.45, 7) is 3.93. The van der Waals surface area contributed by atoms with Crippen molar-refractivity contribution in [3.05, 3.63) is 35.7 Å². The first kappa shape index (κ1) is 18.9. The molecule has 0 radical (unpaired) electrons. The molecule has 0 aliphatic carbocycles. The second-order valence-corrected chi connectivity index (χ2v) is 7.72. The average molecular weight is 385 g/mol. The number of carbonyl (C=O) groups excluding carboxylic acids is 1. The van der Waals surface area contributed by atoms with Gasteiger partial charge >= 0.3 is 0 Å². The molecule has 0 atom stereocenters. The standard InChI is InChI=1S/C19H27N7O2/c1-24-17(13-25-9-6-15(27)7-10-25)22-23-18(24)14-4-11-26(12-5-14)19(28)16-3-2-8-20-21-16/h2-3,8,14-15,27H,4-7,9-13H2,1H3. The minimum atomic E-state index is -0.166. The zero-order valence-corrected chi connectivity index (χ0v) is 16.2. The predicted octanol–water partition coefficient (Wildman–Crippen LogP) is 0.582. The number of aromatic nitrogens is 5. The van der Waals surface area contributed by atoms with Gasteiger partial charge in [0.1, 0.15) is 11.6 Å². The summed E-state index contributed by atoms with van der Waals surface area (Å²) in [6, 6.07) is 3.44. The lowest BCUT2D eigenvalue weighted by Gasteiger charge is -2.31. The lowest BCUT2D eigenvalue weighted by Crippen LogP contribution is -2.39. The van der Waals surface area contributed by atoms with Gasteiger partial charge in [0.2, 0.25) is 0 Å². The first-order valence-electron chi connectivity index (χ1n) is 9.97. The molecule has 0 spiro atoms. The molecule has 150 valence electrons. The number of rotatable bonds is 4. The zero-order valence-electron chi connectivity index (χ0n) is 16.2. The first-order chi connectivity index (χ1) is 13.6. The van der Waals surface area contributed by atoms with Crippen molar-refractivity contribution in [2.24, 2.45) is 7.05 Å². The number of aliphatic hydroxyl groups is 1. The van der Waals surface area contributed by atoms with Crippen LogP contribution in [-0.2, 0) is 13.6 Å². The molecule has 0 bridgehead atoms. The molecule has 2 aromatic rings. The Labute approximate surface area is 164 Å². The van der Waals surface area contributed by atoms with E-state index in [1.807, 2.05) is 11.9 Å². The highest BCUT2D eigenvalue weighted by molar-refractivity contribution is 5.92. The number of amides is 1. The van der Waals surface area contributed by atoms with Crippen LogP contribution in [0.4, 0.5) is 0 Å². The van der Waals surface area contributed by atoms with E-state index in [0.717, 1.165) is 57.0 Å². The van der Waals surface area contributed by atoms with Crippen molar-refractivity contribution >= 4 is 5.91 Å². The number of aliphatic hydroxyl groups excluding tert-OH is 1. The summed E-state index contributed by atoms with van der Waals surface area (Å²) >= 11 is 0. The van der Waals surface area contributed by atoms with Gasteiger partial charge in [0.05, 0.1) is 12.6 Å². The van der Waals surface area contributed by atoms with Crippen LogP contribution in [0, 0.1) is 0 Å². The number of likely N-dealkylation sites (tertiary alicyclic amines) is 2. The van der Waals surface area contributed by atoms with Crippen LogP contribution in [0.3, 0.4) is 0 Å². The highest BCUT2D eigenvalue weighted by Crippen LogP contribution is 2.27. The third kappa shape index (κ3) is 4.05. The van der Waals surface area contributed by atoms with E-state index in [0.29, 0.717) is 24.7 Å². The van der Waals surface area contributed by atoms with Crippen LogP contribution in [0.5, 0.6) is 0 Å². The van der Waals surface area contributed by atoms with Crippen molar-refractivity contribution in [3.8, 4) is 0 Å². The van der Waals surface area contributed by atoms with Crippen molar-refractivity contribution in [2.45, 2.75) is 44.2 Å². The van der Waals surface area contributed by atoms with Crippen LogP contribution in [0.1, 0.15) is 53.7 Å². The summed E-state index contributed by atoms with van der Waals surface area (Å²) in [5, 5.41) is 26.2. The van der Waals surface area contributed by atoms with Crippen LogP contribution >= 0.6 is 0 Å². The van der Waals surface area contributed by atoms with Gasteiger partial charge in [-0.1, -0.05) is 0 Å². The summed E-state index contributed by atoms with van der Waals surface area (Å²) in [6.07, 6.45) is 4.79. The number of hydrogen-bond acceptors (Lipinski definition) is 7. The van der Waals surface area contributed by atoms with Gasteiger partial charge in [0.25, 0.3) is 5.91 Å². The van der Waals surface area contributed by atoms with E-state index in [-0.39, 0.29) is 12.0 Å². The van der Waals surface area contributed by atoms with Gasteiger partial charge in [0.15, 0.2) is 5.69 Å². The predicted molar refractivity (Wildman–Crippen MR) is 101 cm³/mol. The van der Waals surface area contributed by atoms with E-state index >= 15 is 0 Å². The molecule has 2 aliphatic rings. The van der Waals surface area contributed by atoms with Crippen molar-refractivity contribution in [2.75, 3.05) is 26.2 Å². The van der Waals surface area contributed by atoms with E-state index in [9.17, 15) is 9.90 Å². The number of nitrogens with zero attached hydrogens (tertiary/aromatic N) is 7. The molecular weight excluding hydrogens is 358 g/mol. The molecule has 28 heavy (non-hydrogen) atoms. The molecule has 2 saturated heterocycles. The maximum Gasteiger partial charge on any atom is 0.274 e. The van der Waals surface area contributed by atoms with E-state index in [2.05, 4.69) is 29.9 Å². The molecule has 9 nitrogen and oxygen atoms in total. The minimum absolute atomic E-state index is 0.0579. The minimum Gasteiger partial charge on any atom is -0.393 e. The Hall–Kier alpha value is -2.39. The quantitative estimate of drug-likeness (QED) is 0.822. The van der Waals surface area contributed by atoms with E-state index in [1.165, 1.54) is 0 Å². The van der Waals surface area contributed by atoms with E-state index in [1.54, 1.807) is 18.3 Å². The van der Waals surface area contributed by atoms with Gasteiger partial charge in [0, 0.05) is 45.3 Å². The lowest BCUT2D eigenvalue weighted by molar-refractivity contribution is 0.0703. The SMILES string of the molecule is Cn1c(CN2CCC(O)CC2)nnc1C1CCN(C(=O)c2cccnn2)CC1. The maximum absolute atomic E-state index is 12.5. The maximum atomic E-state index is 12.5. The summed E-state index contributed by atoms with van der Waals surface area (Å²) in [4.78, 5) is 16.7. The lowest BCUT2D eigenvalue weighted by atomic mass is 9.95. The van der Waals surface area contributed by atoms with Crippen molar-refractivity contribution in [1.82, 2.24) is 34.8 Å². The van der Waals surface area contributed by atoms with E-state index in [4.69, 9.17) is 0 Å². The second-order valence-electron chi connectivity index (χ2n) is 7.72. The monoisotopic (exact) mass is 385 g/mol. The Morgan fingerprint density at radius 2 is 1.86 bits per heavy atom. The molecule has 9 heteroatoms. The van der Waals surface area contributed by atoms with Crippen LogP contribution in [0.2, 0.25) is 0 Å². The Bertz CT molecular complexity index is 794. The third-order valence-corrected chi connectivity index (χ3v) is 5.86. The normalized spacial score (nSPS) is 19.9. The summed E-state index contributed by atoms with van der Waals surface area (Å²) in [5.41, 5.74) is 0.397. The highest BCUT2D eigenvalue weighted by atomic mass is 16.3. The molecule has 1 N–H and O–H groups in total. The summed E-state index contributed by atoms with van der Waals surface area (Å²) in [5.74, 6) is 2.21. The fourth-order valence-electron chi connectivity index (χ4n) is 4.06. The van der Waals surface area contributed by atoms with Crippen LogP contribution in [-0.4, -0.2) is 78.1 Å². The third-order valence-electron chi connectivity index (χ3n) is 5.86. The van der Waals surface area contributed by atoms with Crippen LogP contribution in [0.15, 0.2) is 18.3 Å².